The highest BCUT2D eigenvalue weighted by atomic mass is 14.9. The van der Waals surface area contributed by atoms with E-state index in [0.717, 1.165) is 5.92 Å². The van der Waals surface area contributed by atoms with Crippen LogP contribution in [0.3, 0.4) is 0 Å². The van der Waals surface area contributed by atoms with Crippen LogP contribution >= 0.6 is 0 Å². The monoisotopic (exact) mass is 231 g/mol. The fourth-order valence-electron chi connectivity index (χ4n) is 2.86. The van der Waals surface area contributed by atoms with E-state index in [1.54, 1.807) is 0 Å². The minimum absolute atomic E-state index is 0.483. The molecule has 1 aliphatic rings. The lowest BCUT2D eigenvalue weighted by atomic mass is 10.0. The van der Waals surface area contributed by atoms with Gasteiger partial charge in [0.2, 0.25) is 0 Å². The van der Waals surface area contributed by atoms with Crippen molar-refractivity contribution in [1.82, 2.24) is 5.32 Å². The van der Waals surface area contributed by atoms with Crippen LogP contribution in [0.5, 0.6) is 0 Å². The quantitative estimate of drug-likeness (QED) is 0.800. The maximum absolute atomic E-state index is 3.65. The Morgan fingerprint density at radius 1 is 1.29 bits per heavy atom. The summed E-state index contributed by atoms with van der Waals surface area (Å²) in [4.78, 5) is 0. The van der Waals surface area contributed by atoms with E-state index in [9.17, 15) is 0 Å². The SMILES string of the molecule is Cc1cccc([C@H](C)NCCC2CCCC2)c1. The van der Waals surface area contributed by atoms with Gasteiger partial charge in [0.15, 0.2) is 0 Å². The van der Waals surface area contributed by atoms with Gasteiger partial charge in [0.1, 0.15) is 0 Å². The Bertz CT molecular complexity index is 339. The van der Waals surface area contributed by atoms with Crippen molar-refractivity contribution in [3.8, 4) is 0 Å². The highest BCUT2D eigenvalue weighted by molar-refractivity contribution is 5.24. The van der Waals surface area contributed by atoms with Gasteiger partial charge in [0.05, 0.1) is 0 Å². The first-order valence-electron chi connectivity index (χ1n) is 7.05. The lowest BCUT2D eigenvalue weighted by Gasteiger charge is -2.16. The molecule has 0 radical (unpaired) electrons. The van der Waals surface area contributed by atoms with E-state index in [2.05, 4.69) is 43.4 Å². The maximum Gasteiger partial charge on any atom is 0.0291 e. The van der Waals surface area contributed by atoms with Gasteiger partial charge in [-0.2, -0.15) is 0 Å². The second-order valence-corrected chi connectivity index (χ2v) is 5.53. The highest BCUT2D eigenvalue weighted by Crippen LogP contribution is 2.27. The van der Waals surface area contributed by atoms with Crippen LogP contribution in [0.2, 0.25) is 0 Å². The molecule has 94 valence electrons. The summed E-state index contributed by atoms with van der Waals surface area (Å²) in [5.41, 5.74) is 2.77. The number of hydrogen-bond acceptors (Lipinski definition) is 1. The molecule has 17 heavy (non-hydrogen) atoms. The van der Waals surface area contributed by atoms with Crippen molar-refractivity contribution in [3.63, 3.8) is 0 Å². The topological polar surface area (TPSA) is 12.0 Å². The second-order valence-electron chi connectivity index (χ2n) is 5.53. The average Bonchev–Trinajstić information content (AvgIpc) is 2.82. The molecule has 0 spiro atoms. The van der Waals surface area contributed by atoms with E-state index in [-0.39, 0.29) is 0 Å². The summed E-state index contributed by atoms with van der Waals surface area (Å²) in [6.45, 7) is 5.60. The third-order valence-electron chi connectivity index (χ3n) is 4.02. The third kappa shape index (κ3) is 3.85. The van der Waals surface area contributed by atoms with E-state index >= 15 is 0 Å². The molecule has 1 nitrogen and oxygen atoms in total. The number of aryl methyl sites for hydroxylation is 1. The third-order valence-corrected chi connectivity index (χ3v) is 4.02. The normalized spacial score (nSPS) is 18.5. The Kier molecular flexibility index (Phi) is 4.61. The van der Waals surface area contributed by atoms with Crippen molar-refractivity contribution in [1.29, 1.82) is 0 Å². The smallest absolute Gasteiger partial charge is 0.0291 e. The van der Waals surface area contributed by atoms with Crippen LogP contribution in [0.1, 0.15) is 56.2 Å². The Morgan fingerprint density at radius 2 is 2.06 bits per heavy atom. The number of hydrogen-bond donors (Lipinski definition) is 1. The standard InChI is InChI=1S/C16H25N/c1-13-6-5-9-16(12-13)14(2)17-11-10-15-7-3-4-8-15/h5-6,9,12,14-15,17H,3-4,7-8,10-11H2,1-2H3/t14-/m0/s1. The van der Waals surface area contributed by atoms with Gasteiger partial charge < -0.3 is 5.32 Å². The fraction of sp³-hybridized carbons (Fsp3) is 0.625. The van der Waals surface area contributed by atoms with Crippen molar-refractivity contribution in [2.45, 2.75) is 52.0 Å². The number of rotatable bonds is 5. The molecule has 0 amide bonds. The summed E-state index contributed by atoms with van der Waals surface area (Å²) in [6.07, 6.45) is 7.19. The van der Waals surface area contributed by atoms with Gasteiger partial charge in [0, 0.05) is 6.04 Å². The molecule has 0 heterocycles. The molecule has 0 aliphatic heterocycles. The van der Waals surface area contributed by atoms with E-state index in [1.165, 1.54) is 49.8 Å². The molecule has 0 aromatic heterocycles. The summed E-state index contributed by atoms with van der Waals surface area (Å²) >= 11 is 0. The van der Waals surface area contributed by atoms with Gasteiger partial charge in [-0.25, -0.2) is 0 Å². The minimum atomic E-state index is 0.483. The molecule has 0 unspecified atom stereocenters. The van der Waals surface area contributed by atoms with Crippen molar-refractivity contribution in [3.05, 3.63) is 35.4 Å². The van der Waals surface area contributed by atoms with Crippen LogP contribution < -0.4 is 5.32 Å². The molecule has 2 rings (SSSR count). The predicted octanol–water partition coefficient (Wildman–Crippen LogP) is 4.23. The maximum atomic E-state index is 3.65. The summed E-state index contributed by atoms with van der Waals surface area (Å²) in [6, 6.07) is 9.30. The molecule has 0 bridgehead atoms. The summed E-state index contributed by atoms with van der Waals surface area (Å²) in [5.74, 6) is 0.993. The van der Waals surface area contributed by atoms with Gasteiger partial charge in [0.25, 0.3) is 0 Å². The second kappa shape index (κ2) is 6.20. The van der Waals surface area contributed by atoms with Crippen LogP contribution in [0.25, 0.3) is 0 Å². The molecule has 1 atom stereocenters. The van der Waals surface area contributed by atoms with Gasteiger partial charge >= 0.3 is 0 Å². The summed E-state index contributed by atoms with van der Waals surface area (Å²) < 4.78 is 0. The molecule has 1 fully saturated rings. The Hall–Kier alpha value is -0.820. The van der Waals surface area contributed by atoms with Crippen LogP contribution in [0, 0.1) is 12.8 Å². The summed E-state index contributed by atoms with van der Waals surface area (Å²) in [5, 5.41) is 3.65. The van der Waals surface area contributed by atoms with Crippen molar-refractivity contribution >= 4 is 0 Å². The first kappa shape index (κ1) is 12.6. The van der Waals surface area contributed by atoms with Gasteiger partial charge in [-0.3, -0.25) is 0 Å². The fourth-order valence-corrected chi connectivity index (χ4v) is 2.86. The lowest BCUT2D eigenvalue weighted by Crippen LogP contribution is -2.21. The zero-order valence-corrected chi connectivity index (χ0v) is 11.2. The average molecular weight is 231 g/mol. The number of nitrogens with one attached hydrogen (secondary N) is 1. The van der Waals surface area contributed by atoms with Crippen molar-refractivity contribution in [2.75, 3.05) is 6.54 Å². The molecule has 1 saturated carbocycles. The molecular formula is C16H25N. The van der Waals surface area contributed by atoms with Crippen LogP contribution in [0.15, 0.2) is 24.3 Å². The van der Waals surface area contributed by atoms with E-state index < -0.39 is 0 Å². The van der Waals surface area contributed by atoms with Crippen LogP contribution in [-0.4, -0.2) is 6.54 Å². The van der Waals surface area contributed by atoms with Gasteiger partial charge in [-0.15, -0.1) is 0 Å². The Balaban J connectivity index is 1.74. The molecule has 0 saturated heterocycles. The van der Waals surface area contributed by atoms with Gasteiger partial charge in [-0.05, 0) is 38.3 Å². The van der Waals surface area contributed by atoms with Crippen molar-refractivity contribution < 1.29 is 0 Å². The minimum Gasteiger partial charge on any atom is -0.310 e. The molecular weight excluding hydrogens is 206 g/mol. The Morgan fingerprint density at radius 3 is 2.76 bits per heavy atom. The molecule has 1 aromatic rings. The predicted molar refractivity (Wildman–Crippen MR) is 74.2 cm³/mol. The van der Waals surface area contributed by atoms with E-state index in [4.69, 9.17) is 0 Å². The molecule has 1 aliphatic carbocycles. The number of benzene rings is 1. The first-order valence-corrected chi connectivity index (χ1v) is 7.05. The van der Waals surface area contributed by atoms with Crippen LogP contribution in [-0.2, 0) is 0 Å². The summed E-state index contributed by atoms with van der Waals surface area (Å²) in [7, 11) is 0. The van der Waals surface area contributed by atoms with Gasteiger partial charge in [-0.1, -0.05) is 55.5 Å². The molecule has 1 N–H and O–H groups in total. The van der Waals surface area contributed by atoms with Crippen LogP contribution in [0.4, 0.5) is 0 Å². The first-order chi connectivity index (χ1) is 8.25. The van der Waals surface area contributed by atoms with Crippen molar-refractivity contribution in [2.24, 2.45) is 5.92 Å². The Labute approximate surface area is 106 Å². The highest BCUT2D eigenvalue weighted by Gasteiger charge is 2.14. The zero-order valence-electron chi connectivity index (χ0n) is 11.2. The molecule has 1 heteroatoms. The van der Waals surface area contributed by atoms with E-state index in [0.29, 0.717) is 6.04 Å². The lowest BCUT2D eigenvalue weighted by molar-refractivity contribution is 0.455. The molecule has 1 aromatic carbocycles. The zero-order chi connectivity index (χ0) is 12.1. The largest absolute Gasteiger partial charge is 0.310 e. The van der Waals surface area contributed by atoms with E-state index in [1.807, 2.05) is 0 Å².